The molecule has 0 aliphatic carbocycles. The highest BCUT2D eigenvalue weighted by atomic mass is 32.1. The van der Waals surface area contributed by atoms with Gasteiger partial charge in [-0.2, -0.15) is 0 Å². The SMILES string of the molecule is SN1C=C2N=CC=CN2N1. The first-order valence-corrected chi connectivity index (χ1v) is 3.22. The Balaban J connectivity index is 2.29. The fourth-order valence-corrected chi connectivity index (χ4v) is 1.01. The molecule has 0 bridgehead atoms. The van der Waals surface area contributed by atoms with E-state index in [9.17, 15) is 0 Å². The highest BCUT2D eigenvalue weighted by Gasteiger charge is 2.16. The van der Waals surface area contributed by atoms with E-state index < -0.39 is 0 Å². The number of nitrogens with one attached hydrogen (secondary N) is 1. The summed E-state index contributed by atoms with van der Waals surface area (Å²) in [5.74, 6) is 0.845. The molecule has 1 N–H and O–H groups in total. The van der Waals surface area contributed by atoms with E-state index >= 15 is 0 Å². The molecule has 2 heterocycles. The van der Waals surface area contributed by atoms with Gasteiger partial charge in [-0.3, -0.25) is 0 Å². The Kier molecular flexibility index (Phi) is 1.18. The Bertz CT molecular complexity index is 232. The first kappa shape index (κ1) is 5.82. The molecule has 0 atom stereocenters. The van der Waals surface area contributed by atoms with Crippen molar-refractivity contribution in [3.63, 3.8) is 0 Å². The van der Waals surface area contributed by atoms with Gasteiger partial charge in [0.2, 0.25) is 0 Å². The summed E-state index contributed by atoms with van der Waals surface area (Å²) in [6.45, 7) is 0. The third-order valence-corrected chi connectivity index (χ3v) is 1.43. The molecule has 52 valence electrons. The molecule has 2 rings (SSSR count). The first-order valence-electron chi connectivity index (χ1n) is 2.82. The van der Waals surface area contributed by atoms with Gasteiger partial charge in [0.05, 0.1) is 6.20 Å². The standard InChI is InChI=1S/C5H6N4S/c10-9-4-5-6-2-1-3-8(5)7-9/h1-4,7,10H. The number of aliphatic imine (C=N–C) groups is 1. The number of fused-ring (bicyclic) bond motifs is 1. The van der Waals surface area contributed by atoms with Crippen molar-refractivity contribution in [2.75, 3.05) is 0 Å². The molecule has 0 spiro atoms. The van der Waals surface area contributed by atoms with E-state index in [0.717, 1.165) is 5.82 Å². The molecule has 0 unspecified atom stereocenters. The summed E-state index contributed by atoms with van der Waals surface area (Å²) in [6.07, 6.45) is 7.23. The number of rotatable bonds is 0. The molecule has 0 aromatic heterocycles. The van der Waals surface area contributed by atoms with Gasteiger partial charge >= 0.3 is 0 Å². The van der Waals surface area contributed by atoms with Crippen molar-refractivity contribution in [3.05, 3.63) is 24.3 Å². The summed E-state index contributed by atoms with van der Waals surface area (Å²) in [5, 5.41) is 1.77. The summed E-state index contributed by atoms with van der Waals surface area (Å²) < 4.78 is 1.54. The zero-order chi connectivity index (χ0) is 6.97. The minimum absolute atomic E-state index is 0.845. The van der Waals surface area contributed by atoms with Crippen LogP contribution in [0.25, 0.3) is 0 Å². The van der Waals surface area contributed by atoms with Gasteiger partial charge < -0.3 is 0 Å². The molecule has 0 aromatic rings. The van der Waals surface area contributed by atoms with Crippen molar-refractivity contribution < 1.29 is 0 Å². The number of nitrogens with zero attached hydrogens (tertiary/aromatic N) is 3. The Morgan fingerprint density at radius 3 is 3.30 bits per heavy atom. The zero-order valence-electron chi connectivity index (χ0n) is 5.10. The largest absolute Gasteiger partial charge is 0.247 e. The number of thiol groups is 1. The molecule has 0 aromatic carbocycles. The van der Waals surface area contributed by atoms with Gasteiger partial charge in [0.15, 0.2) is 5.82 Å². The van der Waals surface area contributed by atoms with E-state index in [1.54, 1.807) is 21.8 Å². The molecular weight excluding hydrogens is 148 g/mol. The molecule has 0 radical (unpaired) electrons. The summed E-state index contributed by atoms with van der Waals surface area (Å²) in [5.41, 5.74) is 2.89. The van der Waals surface area contributed by atoms with Crippen LogP contribution in [0.2, 0.25) is 0 Å². The van der Waals surface area contributed by atoms with Crippen LogP contribution in [0.3, 0.4) is 0 Å². The van der Waals surface area contributed by atoms with Crippen molar-refractivity contribution in [1.29, 1.82) is 0 Å². The predicted molar refractivity (Wildman–Crippen MR) is 41.5 cm³/mol. The monoisotopic (exact) mass is 154 g/mol. The van der Waals surface area contributed by atoms with Crippen LogP contribution in [0.4, 0.5) is 0 Å². The Morgan fingerprint density at radius 1 is 1.60 bits per heavy atom. The predicted octanol–water partition coefficient (Wildman–Crippen LogP) is 0.265. The van der Waals surface area contributed by atoms with Crippen LogP contribution in [0, 0.1) is 0 Å². The van der Waals surface area contributed by atoms with Crippen LogP contribution in [0.5, 0.6) is 0 Å². The van der Waals surface area contributed by atoms with Gasteiger partial charge in [-0.25, -0.2) is 14.4 Å². The lowest BCUT2D eigenvalue weighted by molar-refractivity contribution is 0.269. The Hall–Kier alpha value is -0.940. The van der Waals surface area contributed by atoms with E-state index in [1.807, 2.05) is 12.3 Å². The topological polar surface area (TPSA) is 30.9 Å². The fourth-order valence-electron chi connectivity index (χ4n) is 0.811. The van der Waals surface area contributed by atoms with Crippen LogP contribution in [-0.4, -0.2) is 15.6 Å². The van der Waals surface area contributed by atoms with Crippen LogP contribution >= 0.6 is 12.8 Å². The number of hydrazine groups is 2. The van der Waals surface area contributed by atoms with Crippen molar-refractivity contribution in [2.45, 2.75) is 0 Å². The van der Waals surface area contributed by atoms with Gasteiger partial charge in [0.1, 0.15) is 0 Å². The molecule has 10 heavy (non-hydrogen) atoms. The van der Waals surface area contributed by atoms with Gasteiger partial charge in [-0.15, -0.1) is 5.53 Å². The van der Waals surface area contributed by atoms with Crippen LogP contribution in [0.1, 0.15) is 0 Å². The third kappa shape index (κ3) is 0.795. The second-order valence-electron chi connectivity index (χ2n) is 1.92. The maximum atomic E-state index is 4.06. The molecule has 0 amide bonds. The summed E-state index contributed by atoms with van der Waals surface area (Å²) in [4.78, 5) is 4.06. The molecular formula is C5H6N4S. The number of hydrogen-bond donors (Lipinski definition) is 2. The molecule has 2 aliphatic rings. The average Bonchev–Trinajstić information content (AvgIpc) is 2.27. The first-order chi connectivity index (χ1) is 4.86. The van der Waals surface area contributed by atoms with E-state index in [0.29, 0.717) is 0 Å². The highest BCUT2D eigenvalue weighted by molar-refractivity contribution is 7.77. The molecule has 0 saturated heterocycles. The second-order valence-corrected chi connectivity index (χ2v) is 2.35. The molecule has 4 nitrogen and oxygen atoms in total. The Morgan fingerprint density at radius 2 is 2.50 bits per heavy atom. The second kappa shape index (κ2) is 2.03. The quantitative estimate of drug-likeness (QED) is 0.491. The number of allylic oxidation sites excluding steroid dienone is 1. The van der Waals surface area contributed by atoms with Crippen molar-refractivity contribution in [3.8, 4) is 0 Å². The van der Waals surface area contributed by atoms with Crippen LogP contribution in [0.15, 0.2) is 29.3 Å². The maximum absolute atomic E-state index is 4.06. The van der Waals surface area contributed by atoms with Crippen molar-refractivity contribution in [2.24, 2.45) is 4.99 Å². The molecule has 0 saturated carbocycles. The molecule has 0 fully saturated rings. The van der Waals surface area contributed by atoms with Gasteiger partial charge in [0.25, 0.3) is 0 Å². The number of hydrogen-bond acceptors (Lipinski definition) is 5. The lowest BCUT2D eigenvalue weighted by Gasteiger charge is -2.16. The van der Waals surface area contributed by atoms with Gasteiger partial charge in [-0.05, 0) is 18.9 Å². The minimum atomic E-state index is 0.845. The summed E-state index contributed by atoms with van der Waals surface area (Å²) in [6, 6.07) is 0. The summed E-state index contributed by atoms with van der Waals surface area (Å²) in [7, 11) is 0. The van der Waals surface area contributed by atoms with Crippen molar-refractivity contribution >= 4 is 19.0 Å². The smallest absolute Gasteiger partial charge is 0.167 e. The van der Waals surface area contributed by atoms with Gasteiger partial charge in [-0.1, -0.05) is 0 Å². The fraction of sp³-hybridized carbons (Fsp3) is 0. The lowest BCUT2D eigenvalue weighted by atomic mass is 10.5. The van der Waals surface area contributed by atoms with Crippen molar-refractivity contribution in [1.82, 2.24) is 15.0 Å². The summed E-state index contributed by atoms with van der Waals surface area (Å²) >= 11 is 4.04. The minimum Gasteiger partial charge on any atom is -0.247 e. The van der Waals surface area contributed by atoms with E-state index in [-0.39, 0.29) is 0 Å². The zero-order valence-corrected chi connectivity index (χ0v) is 5.99. The van der Waals surface area contributed by atoms with Gasteiger partial charge in [0, 0.05) is 12.4 Å². The van der Waals surface area contributed by atoms with Crippen LogP contribution < -0.4 is 5.53 Å². The highest BCUT2D eigenvalue weighted by Crippen LogP contribution is 2.15. The lowest BCUT2D eigenvalue weighted by Crippen LogP contribution is -2.32. The average molecular weight is 154 g/mol. The molecule has 2 aliphatic heterocycles. The third-order valence-electron chi connectivity index (χ3n) is 1.22. The Labute approximate surface area is 64.0 Å². The maximum Gasteiger partial charge on any atom is 0.167 e. The normalized spacial score (nSPS) is 21.5. The van der Waals surface area contributed by atoms with E-state index in [2.05, 4.69) is 23.3 Å². The van der Waals surface area contributed by atoms with Crippen LogP contribution in [-0.2, 0) is 0 Å². The molecule has 5 heteroatoms. The van der Waals surface area contributed by atoms with E-state index in [4.69, 9.17) is 0 Å². The van der Waals surface area contributed by atoms with E-state index in [1.165, 1.54) is 0 Å².